The number of carbonyl (C=O) groups excluding carboxylic acids is 3. The number of piperazine rings is 1. The molecule has 3 aliphatic rings. The van der Waals surface area contributed by atoms with Crippen LogP contribution in [-0.2, 0) is 9.59 Å². The minimum Gasteiger partial charge on any atom is -0.324 e. The lowest BCUT2D eigenvalue weighted by molar-refractivity contribution is -0.133. The van der Waals surface area contributed by atoms with Crippen LogP contribution >= 0.6 is 11.6 Å². The van der Waals surface area contributed by atoms with Gasteiger partial charge in [-0.2, -0.15) is 0 Å². The van der Waals surface area contributed by atoms with Crippen molar-refractivity contribution in [2.75, 3.05) is 44.7 Å². The Morgan fingerprint density at radius 1 is 1.00 bits per heavy atom. The highest BCUT2D eigenvalue weighted by Gasteiger charge is 2.51. The Kier molecular flexibility index (Phi) is 6.79. The Balaban J connectivity index is 1.25. The molecule has 2 heterocycles. The topological polar surface area (TPSA) is 85.0 Å². The fraction of sp³-hybridized carbons (Fsp3) is 0.591. The van der Waals surface area contributed by atoms with Crippen molar-refractivity contribution in [3.8, 4) is 0 Å². The third-order valence-electron chi connectivity index (χ3n) is 6.52. The highest BCUT2D eigenvalue weighted by atomic mass is 35.5. The second-order valence-corrected chi connectivity index (χ2v) is 9.13. The summed E-state index contributed by atoms with van der Waals surface area (Å²) in [4.78, 5) is 43.5. The first-order valence-corrected chi connectivity index (χ1v) is 11.5. The van der Waals surface area contributed by atoms with Crippen molar-refractivity contribution in [1.29, 1.82) is 0 Å². The molecule has 0 unspecified atom stereocenters. The quantitative estimate of drug-likeness (QED) is 0.677. The summed E-state index contributed by atoms with van der Waals surface area (Å²) in [7, 11) is 0. The number of urea groups is 1. The highest BCUT2D eigenvalue weighted by molar-refractivity contribution is 6.33. The summed E-state index contributed by atoms with van der Waals surface area (Å²) < 4.78 is 0. The van der Waals surface area contributed by atoms with Gasteiger partial charge in [0, 0.05) is 26.2 Å². The molecule has 2 saturated heterocycles. The zero-order valence-corrected chi connectivity index (χ0v) is 18.5. The van der Waals surface area contributed by atoms with E-state index in [1.54, 1.807) is 12.1 Å². The van der Waals surface area contributed by atoms with Crippen LogP contribution < -0.4 is 10.6 Å². The number of carbonyl (C=O) groups is 3. The van der Waals surface area contributed by atoms with E-state index in [1.807, 2.05) is 12.1 Å². The van der Waals surface area contributed by atoms with E-state index in [-0.39, 0.29) is 24.4 Å². The van der Waals surface area contributed by atoms with Gasteiger partial charge in [0.25, 0.3) is 5.91 Å². The van der Waals surface area contributed by atoms with Crippen LogP contribution in [0, 0.1) is 0 Å². The maximum absolute atomic E-state index is 13.1. The van der Waals surface area contributed by atoms with Gasteiger partial charge in [0.05, 0.1) is 23.9 Å². The van der Waals surface area contributed by atoms with Crippen molar-refractivity contribution < 1.29 is 14.4 Å². The van der Waals surface area contributed by atoms with Crippen molar-refractivity contribution in [2.45, 2.75) is 44.1 Å². The summed E-state index contributed by atoms with van der Waals surface area (Å²) >= 11 is 6.10. The van der Waals surface area contributed by atoms with Gasteiger partial charge < -0.3 is 10.6 Å². The summed E-state index contributed by atoms with van der Waals surface area (Å²) in [5.74, 6) is -0.174. The maximum atomic E-state index is 13.1. The highest BCUT2D eigenvalue weighted by Crippen LogP contribution is 2.32. The molecule has 2 aliphatic heterocycles. The third-order valence-corrected chi connectivity index (χ3v) is 6.85. The molecule has 1 saturated carbocycles. The molecule has 9 heteroatoms. The molecule has 0 atom stereocenters. The van der Waals surface area contributed by atoms with Crippen LogP contribution in [0.15, 0.2) is 24.3 Å². The first-order valence-electron chi connectivity index (χ1n) is 11.1. The summed E-state index contributed by atoms with van der Waals surface area (Å²) in [5, 5.41) is 6.36. The van der Waals surface area contributed by atoms with E-state index < -0.39 is 5.54 Å². The average Bonchev–Trinajstić information content (AvgIpc) is 2.91. The van der Waals surface area contributed by atoms with Crippen LogP contribution in [0.25, 0.3) is 0 Å². The molecule has 0 radical (unpaired) electrons. The maximum Gasteiger partial charge on any atom is 0.326 e. The summed E-state index contributed by atoms with van der Waals surface area (Å²) in [5.41, 5.74) is -0.0783. The van der Waals surface area contributed by atoms with Gasteiger partial charge in [0.2, 0.25) is 5.91 Å². The number of nitrogens with one attached hydrogen (secondary N) is 2. The predicted octanol–water partition coefficient (Wildman–Crippen LogP) is 2.50. The molecule has 1 aromatic rings. The van der Waals surface area contributed by atoms with E-state index in [2.05, 4.69) is 20.4 Å². The van der Waals surface area contributed by atoms with E-state index in [0.717, 1.165) is 38.5 Å². The van der Waals surface area contributed by atoms with Gasteiger partial charge in [-0.3, -0.25) is 19.4 Å². The predicted molar refractivity (Wildman–Crippen MR) is 119 cm³/mol. The Morgan fingerprint density at radius 3 is 2.32 bits per heavy atom. The summed E-state index contributed by atoms with van der Waals surface area (Å²) in [6.45, 7) is 3.39. The number of rotatable bonds is 5. The van der Waals surface area contributed by atoms with Crippen molar-refractivity contribution in [3.63, 3.8) is 0 Å². The summed E-state index contributed by atoms with van der Waals surface area (Å²) in [6.07, 6.45) is 5.68. The number of anilines is 1. The summed E-state index contributed by atoms with van der Waals surface area (Å²) in [6, 6.07) is 6.89. The number of amides is 4. The molecule has 3 fully saturated rings. The van der Waals surface area contributed by atoms with E-state index in [9.17, 15) is 14.4 Å². The standard InChI is InChI=1S/C22H30ClN5O3/c23-17-7-3-4-8-18(17)24-19(29)15-26-11-13-27(14-12-26)16-28-20(30)22(25-21(28)31)9-5-1-2-6-10-22/h3-4,7-8H,1-2,5-6,9-16H2,(H,24,29)(H,25,31). The van der Waals surface area contributed by atoms with Crippen molar-refractivity contribution in [1.82, 2.24) is 20.0 Å². The molecule has 0 aromatic heterocycles. The van der Waals surface area contributed by atoms with Crippen LogP contribution in [0.5, 0.6) is 0 Å². The molecular weight excluding hydrogens is 418 g/mol. The minimum atomic E-state index is -0.688. The molecule has 1 aromatic carbocycles. The third kappa shape index (κ3) is 5.02. The number of benzene rings is 1. The average molecular weight is 448 g/mol. The number of nitrogens with zero attached hydrogens (tertiary/aromatic N) is 3. The number of imide groups is 1. The van der Waals surface area contributed by atoms with Crippen molar-refractivity contribution in [3.05, 3.63) is 29.3 Å². The number of hydrogen-bond acceptors (Lipinski definition) is 5. The lowest BCUT2D eigenvalue weighted by Gasteiger charge is -2.35. The molecule has 4 amide bonds. The number of para-hydroxylation sites is 1. The van der Waals surface area contributed by atoms with Gasteiger partial charge in [-0.15, -0.1) is 0 Å². The second-order valence-electron chi connectivity index (χ2n) is 8.72. The molecule has 2 N–H and O–H groups in total. The van der Waals surface area contributed by atoms with Crippen molar-refractivity contribution >= 4 is 35.1 Å². The molecule has 31 heavy (non-hydrogen) atoms. The molecule has 8 nitrogen and oxygen atoms in total. The normalized spacial score (nSPS) is 22.4. The Hall–Kier alpha value is -2.16. The first kappa shape index (κ1) is 22.0. The number of halogens is 1. The van der Waals surface area contributed by atoms with Crippen LogP contribution in [0.1, 0.15) is 38.5 Å². The van der Waals surface area contributed by atoms with Crippen molar-refractivity contribution in [2.24, 2.45) is 0 Å². The molecule has 168 valence electrons. The zero-order valence-electron chi connectivity index (χ0n) is 17.7. The lowest BCUT2D eigenvalue weighted by Crippen LogP contribution is -2.53. The van der Waals surface area contributed by atoms with Crippen LogP contribution in [-0.4, -0.2) is 77.5 Å². The second kappa shape index (κ2) is 9.54. The molecule has 4 rings (SSSR count). The fourth-order valence-electron chi connectivity index (χ4n) is 4.72. The van der Waals surface area contributed by atoms with Gasteiger partial charge in [0.1, 0.15) is 5.54 Å². The molecular formula is C22H30ClN5O3. The van der Waals surface area contributed by atoms with Gasteiger partial charge in [0.15, 0.2) is 0 Å². The molecule has 1 aliphatic carbocycles. The van der Waals surface area contributed by atoms with Crippen LogP contribution in [0.3, 0.4) is 0 Å². The minimum absolute atomic E-state index is 0.0686. The Morgan fingerprint density at radius 2 is 1.65 bits per heavy atom. The van der Waals surface area contributed by atoms with Crippen LogP contribution in [0.2, 0.25) is 5.02 Å². The zero-order chi connectivity index (χ0) is 21.8. The van der Waals surface area contributed by atoms with E-state index in [0.29, 0.717) is 43.6 Å². The first-order chi connectivity index (χ1) is 15.0. The number of hydrogen-bond donors (Lipinski definition) is 2. The SMILES string of the molecule is O=C(CN1CCN(CN2C(=O)NC3(CCCCCC3)C2=O)CC1)Nc1ccccc1Cl. The largest absolute Gasteiger partial charge is 0.326 e. The van der Waals surface area contributed by atoms with E-state index >= 15 is 0 Å². The lowest BCUT2D eigenvalue weighted by atomic mass is 9.90. The van der Waals surface area contributed by atoms with E-state index in [1.165, 1.54) is 4.90 Å². The van der Waals surface area contributed by atoms with Gasteiger partial charge in [-0.05, 0) is 25.0 Å². The van der Waals surface area contributed by atoms with Crippen LogP contribution in [0.4, 0.5) is 10.5 Å². The fourth-order valence-corrected chi connectivity index (χ4v) is 4.90. The molecule has 1 spiro atoms. The van der Waals surface area contributed by atoms with E-state index in [4.69, 9.17) is 11.6 Å². The Bertz CT molecular complexity index is 832. The van der Waals surface area contributed by atoms with Gasteiger partial charge >= 0.3 is 6.03 Å². The van der Waals surface area contributed by atoms with Gasteiger partial charge in [-0.1, -0.05) is 49.4 Å². The molecule has 0 bridgehead atoms. The van der Waals surface area contributed by atoms with Gasteiger partial charge in [-0.25, -0.2) is 9.69 Å². The smallest absolute Gasteiger partial charge is 0.324 e. The monoisotopic (exact) mass is 447 g/mol. The Labute approximate surface area is 187 Å².